The molecule has 0 bridgehead atoms. The van der Waals surface area contributed by atoms with Gasteiger partial charge < -0.3 is 10.2 Å². The second kappa shape index (κ2) is 9.06. The van der Waals surface area contributed by atoms with E-state index in [1.807, 2.05) is 6.92 Å². The molecule has 1 heterocycles. The van der Waals surface area contributed by atoms with Gasteiger partial charge in [0.1, 0.15) is 11.6 Å². The Balaban J connectivity index is 0.00000242. The molecular weight excluding hydrogens is 310 g/mol. The van der Waals surface area contributed by atoms with Gasteiger partial charge in [0.05, 0.1) is 6.42 Å². The second-order valence-corrected chi connectivity index (χ2v) is 5.45. The Kier molecular flexibility index (Phi) is 7.76. The third kappa shape index (κ3) is 4.65. The van der Waals surface area contributed by atoms with Crippen LogP contribution in [0.4, 0.5) is 8.78 Å². The van der Waals surface area contributed by atoms with E-state index in [2.05, 4.69) is 5.32 Å². The zero-order chi connectivity index (χ0) is 15.2. The minimum absolute atomic E-state index is 0. The number of carbonyl (C=O) groups is 1. The van der Waals surface area contributed by atoms with E-state index in [0.29, 0.717) is 6.54 Å². The minimum atomic E-state index is -0.648. The summed E-state index contributed by atoms with van der Waals surface area (Å²) in [5.74, 6) is -1.48. The predicted octanol–water partition coefficient (Wildman–Crippen LogP) is 2.92. The number of nitrogens with zero attached hydrogens (tertiary/aromatic N) is 1. The monoisotopic (exact) mass is 332 g/mol. The van der Waals surface area contributed by atoms with Gasteiger partial charge >= 0.3 is 0 Å². The van der Waals surface area contributed by atoms with Gasteiger partial charge in [0.2, 0.25) is 5.91 Å². The molecule has 1 aliphatic rings. The lowest BCUT2D eigenvalue weighted by molar-refractivity contribution is -0.133. The van der Waals surface area contributed by atoms with Gasteiger partial charge in [-0.15, -0.1) is 12.4 Å². The topological polar surface area (TPSA) is 32.3 Å². The van der Waals surface area contributed by atoms with E-state index < -0.39 is 11.6 Å². The summed E-state index contributed by atoms with van der Waals surface area (Å²) in [4.78, 5) is 14.3. The molecule has 0 atom stereocenters. The third-order valence-electron chi connectivity index (χ3n) is 3.92. The molecule has 2 rings (SSSR count). The minimum Gasteiger partial charge on any atom is -0.339 e. The first-order valence-electron chi connectivity index (χ1n) is 7.56. The van der Waals surface area contributed by atoms with Crippen LogP contribution >= 0.6 is 12.4 Å². The molecule has 124 valence electrons. The van der Waals surface area contributed by atoms with E-state index in [-0.39, 0.29) is 36.3 Å². The van der Waals surface area contributed by atoms with Crippen molar-refractivity contribution in [2.45, 2.75) is 38.6 Å². The molecule has 1 aromatic carbocycles. The highest BCUT2D eigenvalue weighted by molar-refractivity contribution is 5.85. The van der Waals surface area contributed by atoms with Gasteiger partial charge in [-0.3, -0.25) is 4.79 Å². The maximum absolute atomic E-state index is 13.7. The zero-order valence-electron chi connectivity index (χ0n) is 12.8. The second-order valence-electron chi connectivity index (χ2n) is 5.45. The molecule has 1 aliphatic heterocycles. The van der Waals surface area contributed by atoms with Gasteiger partial charge in [0.25, 0.3) is 0 Å². The largest absolute Gasteiger partial charge is 0.339 e. The van der Waals surface area contributed by atoms with E-state index in [1.165, 1.54) is 18.2 Å². The Bertz CT molecular complexity index is 473. The highest BCUT2D eigenvalue weighted by Crippen LogP contribution is 2.18. The summed E-state index contributed by atoms with van der Waals surface area (Å²) < 4.78 is 27.4. The summed E-state index contributed by atoms with van der Waals surface area (Å²) >= 11 is 0. The van der Waals surface area contributed by atoms with Crippen LogP contribution in [0, 0.1) is 11.6 Å². The molecule has 0 radical (unpaired) electrons. The van der Waals surface area contributed by atoms with Gasteiger partial charge in [-0.1, -0.05) is 13.0 Å². The first-order chi connectivity index (χ1) is 10.1. The molecule has 22 heavy (non-hydrogen) atoms. The number of amides is 1. The van der Waals surface area contributed by atoms with Gasteiger partial charge in [0, 0.05) is 18.2 Å². The molecule has 1 N–H and O–H groups in total. The van der Waals surface area contributed by atoms with Crippen LogP contribution in [0.15, 0.2) is 18.2 Å². The van der Waals surface area contributed by atoms with Crippen molar-refractivity contribution in [2.75, 3.05) is 19.6 Å². The predicted molar refractivity (Wildman–Crippen MR) is 85.2 cm³/mol. The SMILES string of the molecule is CCCN(C(=O)Cc1c(F)cccc1F)C1CCNCC1.Cl. The first-order valence-corrected chi connectivity index (χ1v) is 7.56. The fourth-order valence-corrected chi connectivity index (χ4v) is 2.82. The summed E-state index contributed by atoms with van der Waals surface area (Å²) in [5.41, 5.74) is -0.127. The van der Waals surface area contributed by atoms with Crippen LogP contribution in [0.2, 0.25) is 0 Å². The highest BCUT2D eigenvalue weighted by atomic mass is 35.5. The Morgan fingerprint density at radius 1 is 1.27 bits per heavy atom. The number of hydrogen-bond donors (Lipinski definition) is 1. The normalized spacial score (nSPS) is 15.2. The van der Waals surface area contributed by atoms with Gasteiger partial charge in [-0.05, 0) is 44.5 Å². The lowest BCUT2D eigenvalue weighted by Crippen LogP contribution is -2.47. The fraction of sp³-hybridized carbons (Fsp3) is 0.562. The molecule has 1 fully saturated rings. The average molecular weight is 333 g/mol. The number of benzene rings is 1. The van der Waals surface area contributed by atoms with Crippen LogP contribution in [-0.4, -0.2) is 36.5 Å². The van der Waals surface area contributed by atoms with Gasteiger partial charge in [-0.25, -0.2) is 8.78 Å². The van der Waals surface area contributed by atoms with Crippen molar-refractivity contribution in [3.8, 4) is 0 Å². The van der Waals surface area contributed by atoms with Crippen LogP contribution in [0.1, 0.15) is 31.7 Å². The Hall–Kier alpha value is -1.20. The molecule has 0 unspecified atom stereocenters. The summed E-state index contributed by atoms with van der Waals surface area (Å²) in [5, 5.41) is 3.26. The van der Waals surface area contributed by atoms with Crippen molar-refractivity contribution < 1.29 is 13.6 Å². The lowest BCUT2D eigenvalue weighted by atomic mass is 10.0. The Morgan fingerprint density at radius 3 is 2.41 bits per heavy atom. The molecule has 1 aromatic rings. The highest BCUT2D eigenvalue weighted by Gasteiger charge is 2.26. The van der Waals surface area contributed by atoms with E-state index >= 15 is 0 Å². The van der Waals surface area contributed by atoms with Crippen LogP contribution in [0.3, 0.4) is 0 Å². The summed E-state index contributed by atoms with van der Waals surface area (Å²) in [7, 11) is 0. The molecule has 1 amide bonds. The number of rotatable bonds is 5. The molecular formula is C16H23ClF2N2O. The molecule has 6 heteroatoms. The van der Waals surface area contributed by atoms with Crippen molar-refractivity contribution in [3.63, 3.8) is 0 Å². The molecule has 0 spiro atoms. The van der Waals surface area contributed by atoms with E-state index in [0.717, 1.165) is 32.4 Å². The molecule has 0 aromatic heterocycles. The summed E-state index contributed by atoms with van der Waals surface area (Å²) in [6.45, 7) is 4.41. The van der Waals surface area contributed by atoms with E-state index in [4.69, 9.17) is 0 Å². The quantitative estimate of drug-likeness (QED) is 0.899. The Morgan fingerprint density at radius 2 is 1.86 bits per heavy atom. The van der Waals surface area contributed by atoms with Crippen LogP contribution < -0.4 is 5.32 Å². The summed E-state index contributed by atoms with van der Waals surface area (Å²) in [6, 6.07) is 3.88. The molecule has 1 saturated heterocycles. The van der Waals surface area contributed by atoms with Crippen LogP contribution in [0.25, 0.3) is 0 Å². The molecule has 3 nitrogen and oxygen atoms in total. The Labute approximate surface area is 136 Å². The molecule has 0 saturated carbocycles. The molecule has 0 aliphatic carbocycles. The smallest absolute Gasteiger partial charge is 0.227 e. The average Bonchev–Trinajstić information content (AvgIpc) is 2.49. The maximum Gasteiger partial charge on any atom is 0.227 e. The third-order valence-corrected chi connectivity index (χ3v) is 3.92. The fourth-order valence-electron chi connectivity index (χ4n) is 2.82. The zero-order valence-corrected chi connectivity index (χ0v) is 13.6. The van der Waals surface area contributed by atoms with Crippen molar-refractivity contribution in [2.24, 2.45) is 0 Å². The van der Waals surface area contributed by atoms with E-state index in [1.54, 1.807) is 4.90 Å². The number of nitrogens with one attached hydrogen (secondary N) is 1. The standard InChI is InChI=1S/C16H22F2N2O.ClH/c1-2-10-20(12-6-8-19-9-7-12)16(21)11-13-14(17)4-3-5-15(13)18;/h3-5,12,19H,2,6-11H2,1H3;1H. The van der Waals surface area contributed by atoms with Crippen molar-refractivity contribution in [3.05, 3.63) is 35.4 Å². The maximum atomic E-state index is 13.7. The van der Waals surface area contributed by atoms with Gasteiger partial charge in [0.15, 0.2) is 0 Å². The van der Waals surface area contributed by atoms with Crippen LogP contribution in [0.5, 0.6) is 0 Å². The van der Waals surface area contributed by atoms with Crippen molar-refractivity contribution in [1.29, 1.82) is 0 Å². The first kappa shape index (κ1) is 18.8. The number of hydrogen-bond acceptors (Lipinski definition) is 2. The van der Waals surface area contributed by atoms with E-state index in [9.17, 15) is 13.6 Å². The summed E-state index contributed by atoms with van der Waals surface area (Å²) in [6.07, 6.45) is 2.43. The number of piperidine rings is 1. The number of halogens is 3. The lowest BCUT2D eigenvalue weighted by Gasteiger charge is -2.34. The van der Waals surface area contributed by atoms with Crippen molar-refractivity contribution in [1.82, 2.24) is 10.2 Å². The van der Waals surface area contributed by atoms with Crippen molar-refractivity contribution >= 4 is 18.3 Å². The van der Waals surface area contributed by atoms with Gasteiger partial charge in [-0.2, -0.15) is 0 Å². The number of carbonyl (C=O) groups excluding carboxylic acids is 1. The van der Waals surface area contributed by atoms with Crippen LogP contribution in [-0.2, 0) is 11.2 Å².